The molecule has 4 fully saturated rings. The summed E-state index contributed by atoms with van der Waals surface area (Å²) in [7, 11) is -1.71. The third kappa shape index (κ3) is 5.68. The van der Waals surface area contributed by atoms with E-state index >= 15 is 0 Å². The lowest BCUT2D eigenvalue weighted by Crippen LogP contribution is -2.62. The van der Waals surface area contributed by atoms with Crippen LogP contribution in [0.3, 0.4) is 0 Å². The maximum Gasteiger partial charge on any atom is 0.327 e. The third-order valence-corrected chi connectivity index (χ3v) is 19.0. The summed E-state index contributed by atoms with van der Waals surface area (Å²) < 4.78 is 7.65. The number of carboxylic acid groups (broad SMARTS) is 1. The molecule has 0 aliphatic heterocycles. The molecule has 0 heterocycles. The van der Waals surface area contributed by atoms with Crippen LogP contribution in [0.2, 0.25) is 18.1 Å². The quantitative estimate of drug-likeness (QED) is 0.187. The first-order chi connectivity index (χ1) is 19.0. The Balaban J connectivity index is 1.69. The molecule has 3 nitrogen and oxygen atoms in total. The summed E-state index contributed by atoms with van der Waals surface area (Å²) >= 11 is 0. The van der Waals surface area contributed by atoms with E-state index in [1.54, 1.807) is 0 Å². The lowest BCUT2D eigenvalue weighted by Gasteiger charge is -2.66. The van der Waals surface area contributed by atoms with Crippen molar-refractivity contribution in [2.24, 2.45) is 58.2 Å². The standard InChI is InChI=1S/C36H64O3Si/c1-9-26-20-21-35(7)28(22-26)24-32(39-40(11-3,12-4)13-5)34-30-19-18-29(25(6)16-14-15-17-33(37)38)36(30,8)27(10-2)23-31(34)35/h15,17,25-32,34H,9-14,16,18-24H2,1-8H3,(H,37,38)/t25-,26-,27+,28+,29-,30+,31+,32?,34?,35+,36-/m1/s1. The third-order valence-electron chi connectivity index (χ3n) is 14.3. The monoisotopic (exact) mass is 572 g/mol. The summed E-state index contributed by atoms with van der Waals surface area (Å²) in [5.74, 6) is 5.46. The fourth-order valence-electron chi connectivity index (χ4n) is 11.6. The molecule has 0 aromatic rings. The maximum atomic E-state index is 11.0. The molecule has 4 aliphatic rings. The van der Waals surface area contributed by atoms with E-state index in [0.717, 1.165) is 54.3 Å². The molecule has 230 valence electrons. The van der Waals surface area contributed by atoms with Gasteiger partial charge < -0.3 is 9.53 Å². The molecule has 4 heteroatoms. The summed E-state index contributed by atoms with van der Waals surface area (Å²) in [5.41, 5.74) is 0.872. The summed E-state index contributed by atoms with van der Waals surface area (Å²) in [4.78, 5) is 11.0. The van der Waals surface area contributed by atoms with Crippen LogP contribution >= 0.6 is 0 Å². The molecule has 0 radical (unpaired) electrons. The normalized spacial score (nSPS) is 42.3. The number of aliphatic carboxylic acids is 1. The minimum absolute atomic E-state index is 0.381. The van der Waals surface area contributed by atoms with Gasteiger partial charge in [-0.1, -0.05) is 74.3 Å². The topological polar surface area (TPSA) is 46.5 Å². The van der Waals surface area contributed by atoms with E-state index < -0.39 is 14.3 Å². The van der Waals surface area contributed by atoms with E-state index in [9.17, 15) is 4.79 Å². The second kappa shape index (κ2) is 12.9. The van der Waals surface area contributed by atoms with E-state index in [1.165, 1.54) is 82.0 Å². The van der Waals surface area contributed by atoms with Crippen LogP contribution in [-0.4, -0.2) is 25.5 Å². The average molecular weight is 573 g/mol. The largest absolute Gasteiger partial charge is 0.478 e. The van der Waals surface area contributed by atoms with Gasteiger partial charge in [-0.3, -0.25) is 0 Å². The van der Waals surface area contributed by atoms with Gasteiger partial charge in [0.2, 0.25) is 0 Å². The maximum absolute atomic E-state index is 11.0. The summed E-state index contributed by atoms with van der Waals surface area (Å²) in [6.45, 7) is 20.1. The van der Waals surface area contributed by atoms with Crippen molar-refractivity contribution in [2.75, 3.05) is 0 Å². The van der Waals surface area contributed by atoms with Crippen molar-refractivity contribution in [3.8, 4) is 0 Å². The molecule has 0 saturated heterocycles. The van der Waals surface area contributed by atoms with E-state index in [2.05, 4.69) is 55.4 Å². The number of rotatable bonds is 12. The SMILES string of the molecule is CC[C@@H]1CC[C@@]2(C)[C@H](CC(O[Si](CC)(CC)CC)C3[C@@H]2C[C@H](CC)[C@]2(C)[C@@H]([C@H](C)CCC=CC(=O)O)CC[C@@H]32)C1. The summed E-state index contributed by atoms with van der Waals surface area (Å²) in [6, 6.07) is 3.78. The molecule has 0 aromatic heterocycles. The van der Waals surface area contributed by atoms with Crippen molar-refractivity contribution in [2.45, 2.75) is 150 Å². The van der Waals surface area contributed by atoms with Crippen molar-refractivity contribution < 1.29 is 14.3 Å². The lowest BCUT2D eigenvalue weighted by molar-refractivity contribution is -0.185. The Bertz CT molecular complexity index is 873. The predicted molar refractivity (Wildman–Crippen MR) is 171 cm³/mol. The van der Waals surface area contributed by atoms with Gasteiger partial charge in [-0.2, -0.15) is 0 Å². The molecule has 4 rings (SSSR count). The first kappa shape index (κ1) is 32.3. The van der Waals surface area contributed by atoms with Crippen LogP contribution < -0.4 is 0 Å². The lowest BCUT2D eigenvalue weighted by atomic mass is 9.41. The van der Waals surface area contributed by atoms with Crippen LogP contribution in [0.1, 0.15) is 126 Å². The molecule has 0 amide bonds. The summed E-state index contributed by atoms with van der Waals surface area (Å²) in [5, 5.41) is 9.06. The fraction of sp³-hybridized carbons (Fsp3) is 0.917. The highest BCUT2D eigenvalue weighted by atomic mass is 28.4. The highest BCUT2D eigenvalue weighted by Gasteiger charge is 2.66. The van der Waals surface area contributed by atoms with Crippen LogP contribution in [0.5, 0.6) is 0 Å². The van der Waals surface area contributed by atoms with Gasteiger partial charge in [0.25, 0.3) is 0 Å². The predicted octanol–water partition coefficient (Wildman–Crippen LogP) is 10.4. The van der Waals surface area contributed by atoms with Gasteiger partial charge in [0.15, 0.2) is 8.32 Å². The van der Waals surface area contributed by atoms with Crippen LogP contribution in [0.15, 0.2) is 12.2 Å². The number of hydrogen-bond donors (Lipinski definition) is 1. The van der Waals surface area contributed by atoms with E-state index in [0.29, 0.717) is 22.9 Å². The van der Waals surface area contributed by atoms with E-state index in [4.69, 9.17) is 9.53 Å². The van der Waals surface area contributed by atoms with Gasteiger partial charge in [-0.15, -0.1) is 0 Å². The minimum Gasteiger partial charge on any atom is -0.478 e. The van der Waals surface area contributed by atoms with Crippen LogP contribution in [0.4, 0.5) is 0 Å². The molecule has 1 N–H and O–H groups in total. The second-order valence-corrected chi connectivity index (χ2v) is 20.1. The van der Waals surface area contributed by atoms with Gasteiger partial charge in [-0.05, 0) is 134 Å². The zero-order chi connectivity index (χ0) is 29.3. The summed E-state index contributed by atoms with van der Waals surface area (Å²) in [6.07, 6.45) is 18.1. The molecule has 4 aliphatic carbocycles. The van der Waals surface area contributed by atoms with Gasteiger partial charge in [0.05, 0.1) is 0 Å². The minimum atomic E-state index is -1.71. The highest BCUT2D eigenvalue weighted by Crippen LogP contribution is 2.71. The Morgan fingerprint density at radius 1 is 0.975 bits per heavy atom. The molecule has 0 aromatic carbocycles. The molecular formula is C36H64O3Si. The van der Waals surface area contributed by atoms with Crippen LogP contribution in [0.25, 0.3) is 0 Å². The van der Waals surface area contributed by atoms with Crippen LogP contribution in [0, 0.1) is 58.2 Å². The number of carboxylic acids is 1. The number of hydrogen-bond acceptors (Lipinski definition) is 2. The van der Waals surface area contributed by atoms with Crippen LogP contribution in [-0.2, 0) is 9.22 Å². The molecule has 2 unspecified atom stereocenters. The first-order valence-corrected chi connectivity index (χ1v) is 20.1. The number of carbonyl (C=O) groups is 1. The Morgan fingerprint density at radius 2 is 1.68 bits per heavy atom. The Labute approximate surface area is 248 Å². The second-order valence-electron chi connectivity index (χ2n) is 15.4. The molecule has 40 heavy (non-hydrogen) atoms. The van der Waals surface area contributed by atoms with Gasteiger partial charge in [0, 0.05) is 12.2 Å². The Hall–Kier alpha value is -0.613. The van der Waals surface area contributed by atoms with Gasteiger partial charge >= 0.3 is 5.97 Å². The molecule has 11 atom stereocenters. The van der Waals surface area contributed by atoms with Gasteiger partial charge in [0.1, 0.15) is 0 Å². The fourth-order valence-corrected chi connectivity index (χ4v) is 14.5. The zero-order valence-corrected chi connectivity index (χ0v) is 28.5. The first-order valence-electron chi connectivity index (χ1n) is 17.6. The number of allylic oxidation sites excluding steroid dienone is 1. The highest BCUT2D eigenvalue weighted by molar-refractivity contribution is 6.73. The molecule has 0 bridgehead atoms. The van der Waals surface area contributed by atoms with E-state index in [1.807, 2.05) is 6.08 Å². The molecule has 4 saturated carbocycles. The smallest absolute Gasteiger partial charge is 0.327 e. The van der Waals surface area contributed by atoms with Crippen molar-refractivity contribution in [1.82, 2.24) is 0 Å². The van der Waals surface area contributed by atoms with E-state index in [-0.39, 0.29) is 0 Å². The Morgan fingerprint density at radius 3 is 2.27 bits per heavy atom. The Kier molecular flexibility index (Phi) is 10.5. The molecular weight excluding hydrogens is 508 g/mol. The van der Waals surface area contributed by atoms with Crippen molar-refractivity contribution in [3.63, 3.8) is 0 Å². The van der Waals surface area contributed by atoms with Gasteiger partial charge in [-0.25, -0.2) is 4.79 Å². The van der Waals surface area contributed by atoms with Crippen molar-refractivity contribution in [3.05, 3.63) is 12.2 Å². The van der Waals surface area contributed by atoms with Crippen molar-refractivity contribution >= 4 is 14.3 Å². The molecule has 0 spiro atoms. The van der Waals surface area contributed by atoms with Crippen molar-refractivity contribution in [1.29, 1.82) is 0 Å². The number of fused-ring (bicyclic) bond motifs is 5. The average Bonchev–Trinajstić information content (AvgIpc) is 3.31. The zero-order valence-electron chi connectivity index (χ0n) is 27.5.